The van der Waals surface area contributed by atoms with E-state index >= 15 is 0 Å². The number of benzene rings is 3. The van der Waals surface area contributed by atoms with Crippen LogP contribution in [-0.4, -0.2) is 34.2 Å². The second kappa shape index (κ2) is 7.21. The first-order valence-electron chi connectivity index (χ1n) is 9.73. The van der Waals surface area contributed by atoms with Gasteiger partial charge < -0.3 is 9.73 Å². The van der Waals surface area contributed by atoms with Crippen molar-refractivity contribution in [2.24, 2.45) is 0 Å². The number of carbonyl (C=O) groups is 3. The van der Waals surface area contributed by atoms with Crippen molar-refractivity contribution in [3.63, 3.8) is 0 Å². The van der Waals surface area contributed by atoms with E-state index in [1.54, 1.807) is 30.3 Å². The molecule has 7 heteroatoms. The molecule has 1 aromatic heterocycles. The van der Waals surface area contributed by atoms with Crippen molar-refractivity contribution >= 4 is 34.5 Å². The molecule has 3 amide bonds. The second-order valence-corrected chi connectivity index (χ2v) is 7.31. The van der Waals surface area contributed by atoms with E-state index in [1.165, 1.54) is 0 Å². The van der Waals surface area contributed by atoms with Gasteiger partial charge in [0, 0.05) is 11.3 Å². The van der Waals surface area contributed by atoms with E-state index in [-0.39, 0.29) is 6.54 Å². The molecule has 1 aliphatic heterocycles. The Morgan fingerprint density at radius 1 is 0.968 bits per heavy atom. The number of amides is 3. The van der Waals surface area contributed by atoms with Crippen molar-refractivity contribution in [3.05, 3.63) is 83.4 Å². The summed E-state index contributed by atoms with van der Waals surface area (Å²) in [5.74, 6) is -0.954. The summed E-state index contributed by atoms with van der Waals surface area (Å²) in [5, 5.41) is 2.79. The molecule has 31 heavy (non-hydrogen) atoms. The Kier molecular flexibility index (Phi) is 4.36. The highest BCUT2D eigenvalue weighted by molar-refractivity contribution is 6.22. The highest BCUT2D eigenvalue weighted by Crippen LogP contribution is 2.28. The lowest BCUT2D eigenvalue weighted by atomic mass is 10.1. The van der Waals surface area contributed by atoms with Crippen molar-refractivity contribution in [2.75, 3.05) is 11.9 Å². The van der Waals surface area contributed by atoms with Crippen LogP contribution >= 0.6 is 0 Å². The minimum Gasteiger partial charge on any atom is -0.436 e. The van der Waals surface area contributed by atoms with E-state index in [4.69, 9.17) is 4.42 Å². The number of hydrogen-bond acceptors (Lipinski definition) is 5. The normalized spacial score (nSPS) is 13.0. The molecule has 1 aliphatic rings. The van der Waals surface area contributed by atoms with Gasteiger partial charge in [-0.05, 0) is 48.9 Å². The summed E-state index contributed by atoms with van der Waals surface area (Å²) >= 11 is 0. The topological polar surface area (TPSA) is 92.5 Å². The molecule has 0 aliphatic carbocycles. The number of anilines is 1. The molecule has 5 rings (SSSR count). The van der Waals surface area contributed by atoms with Gasteiger partial charge in [0.1, 0.15) is 12.1 Å². The van der Waals surface area contributed by atoms with E-state index in [9.17, 15) is 14.4 Å². The summed E-state index contributed by atoms with van der Waals surface area (Å²) in [6.07, 6.45) is 0. The molecule has 0 fully saturated rings. The minimum absolute atomic E-state index is 0.314. The molecule has 152 valence electrons. The molecule has 0 spiro atoms. The largest absolute Gasteiger partial charge is 0.436 e. The minimum atomic E-state index is -0.465. The summed E-state index contributed by atoms with van der Waals surface area (Å²) in [7, 11) is 0. The average Bonchev–Trinajstić information content (AvgIpc) is 3.31. The Labute approximate surface area is 177 Å². The number of fused-ring (bicyclic) bond motifs is 2. The van der Waals surface area contributed by atoms with Gasteiger partial charge in [-0.15, -0.1) is 0 Å². The van der Waals surface area contributed by atoms with E-state index in [0.717, 1.165) is 16.0 Å². The third-order valence-electron chi connectivity index (χ3n) is 5.23. The van der Waals surface area contributed by atoms with Crippen LogP contribution in [0.3, 0.4) is 0 Å². The number of imide groups is 1. The van der Waals surface area contributed by atoms with Crippen molar-refractivity contribution in [3.8, 4) is 11.5 Å². The van der Waals surface area contributed by atoms with Crippen LogP contribution in [0.25, 0.3) is 22.6 Å². The van der Waals surface area contributed by atoms with E-state index in [0.29, 0.717) is 33.9 Å². The predicted octanol–water partition coefficient (Wildman–Crippen LogP) is 4.04. The third kappa shape index (κ3) is 3.26. The van der Waals surface area contributed by atoms with Crippen LogP contribution in [0.15, 0.2) is 71.1 Å². The summed E-state index contributed by atoms with van der Waals surface area (Å²) < 4.78 is 5.80. The average molecular weight is 411 g/mol. The smallest absolute Gasteiger partial charge is 0.262 e. The van der Waals surface area contributed by atoms with Crippen LogP contribution < -0.4 is 5.32 Å². The fourth-order valence-electron chi connectivity index (χ4n) is 3.60. The van der Waals surface area contributed by atoms with E-state index in [2.05, 4.69) is 10.3 Å². The van der Waals surface area contributed by atoms with Gasteiger partial charge in [0.15, 0.2) is 5.58 Å². The number of rotatable bonds is 4. The molecule has 0 bridgehead atoms. The zero-order valence-corrected chi connectivity index (χ0v) is 16.6. The number of nitrogens with one attached hydrogen (secondary N) is 1. The predicted molar refractivity (Wildman–Crippen MR) is 115 cm³/mol. The maximum Gasteiger partial charge on any atom is 0.262 e. The SMILES string of the molecule is Cc1ccc(-c2nc3ccccc3o2)cc1NC(=O)CN1C(=O)c2ccccc2C1=O. The fraction of sp³-hybridized carbons (Fsp3) is 0.0833. The van der Waals surface area contributed by atoms with Gasteiger partial charge in [-0.2, -0.15) is 0 Å². The van der Waals surface area contributed by atoms with Gasteiger partial charge in [0.25, 0.3) is 11.8 Å². The number of aromatic nitrogens is 1. The highest BCUT2D eigenvalue weighted by atomic mass is 16.3. The molecule has 0 radical (unpaired) electrons. The zero-order valence-electron chi connectivity index (χ0n) is 16.6. The van der Waals surface area contributed by atoms with Crippen LogP contribution in [-0.2, 0) is 4.79 Å². The number of nitrogens with zero attached hydrogens (tertiary/aromatic N) is 2. The monoisotopic (exact) mass is 411 g/mol. The van der Waals surface area contributed by atoms with E-state index in [1.807, 2.05) is 43.3 Å². The highest BCUT2D eigenvalue weighted by Gasteiger charge is 2.36. The van der Waals surface area contributed by atoms with Crippen LogP contribution in [0.2, 0.25) is 0 Å². The molecule has 0 saturated carbocycles. The zero-order chi connectivity index (χ0) is 21.5. The van der Waals surface area contributed by atoms with Gasteiger partial charge in [-0.1, -0.05) is 30.3 Å². The summed E-state index contributed by atoms with van der Waals surface area (Å²) in [6.45, 7) is 1.49. The van der Waals surface area contributed by atoms with Gasteiger partial charge in [-0.3, -0.25) is 19.3 Å². The second-order valence-electron chi connectivity index (χ2n) is 7.31. The maximum atomic E-state index is 12.7. The Morgan fingerprint density at radius 2 is 1.65 bits per heavy atom. The number of aryl methyl sites for hydroxylation is 1. The van der Waals surface area contributed by atoms with Crippen LogP contribution in [0.4, 0.5) is 5.69 Å². The Bertz CT molecular complexity index is 1300. The number of para-hydroxylation sites is 2. The van der Waals surface area contributed by atoms with Crippen molar-refractivity contribution < 1.29 is 18.8 Å². The quantitative estimate of drug-likeness (QED) is 0.512. The fourth-order valence-corrected chi connectivity index (χ4v) is 3.60. The molecule has 0 saturated heterocycles. The van der Waals surface area contributed by atoms with Gasteiger partial charge in [-0.25, -0.2) is 4.98 Å². The standard InChI is InChI=1S/C24H17N3O4/c1-14-10-11-15(22-26-18-8-4-5-9-20(18)31-22)12-19(14)25-21(28)13-27-23(29)16-6-2-3-7-17(16)24(27)30/h2-12H,13H2,1H3,(H,25,28). The molecular weight excluding hydrogens is 394 g/mol. The molecule has 3 aromatic carbocycles. The summed E-state index contributed by atoms with van der Waals surface area (Å²) in [4.78, 5) is 43.1. The van der Waals surface area contributed by atoms with Crippen molar-refractivity contribution in [1.82, 2.24) is 9.88 Å². The molecule has 0 atom stereocenters. The molecule has 2 heterocycles. The van der Waals surface area contributed by atoms with E-state index < -0.39 is 17.7 Å². The Hall–Kier alpha value is -4.26. The van der Waals surface area contributed by atoms with Crippen LogP contribution in [0.5, 0.6) is 0 Å². The van der Waals surface area contributed by atoms with Crippen molar-refractivity contribution in [1.29, 1.82) is 0 Å². The number of hydrogen-bond donors (Lipinski definition) is 1. The van der Waals surface area contributed by atoms with Gasteiger partial charge in [0.05, 0.1) is 11.1 Å². The lowest BCUT2D eigenvalue weighted by Gasteiger charge is -2.15. The Balaban J connectivity index is 1.36. The van der Waals surface area contributed by atoms with Crippen molar-refractivity contribution in [2.45, 2.75) is 6.92 Å². The Morgan fingerprint density at radius 3 is 2.35 bits per heavy atom. The van der Waals surface area contributed by atoms with Crippen LogP contribution in [0.1, 0.15) is 26.3 Å². The molecule has 7 nitrogen and oxygen atoms in total. The number of carbonyl (C=O) groups excluding carboxylic acids is 3. The van der Waals surface area contributed by atoms with Gasteiger partial charge >= 0.3 is 0 Å². The number of oxazole rings is 1. The first-order chi connectivity index (χ1) is 15.0. The first kappa shape index (κ1) is 18.7. The van der Waals surface area contributed by atoms with Gasteiger partial charge in [0.2, 0.25) is 11.8 Å². The first-order valence-corrected chi connectivity index (χ1v) is 9.73. The lowest BCUT2D eigenvalue weighted by Crippen LogP contribution is -2.37. The lowest BCUT2D eigenvalue weighted by molar-refractivity contribution is -0.116. The molecule has 1 N–H and O–H groups in total. The molecular formula is C24H17N3O4. The third-order valence-corrected chi connectivity index (χ3v) is 5.23. The maximum absolute atomic E-state index is 12.7. The molecule has 0 unspecified atom stereocenters. The van der Waals surface area contributed by atoms with Crippen LogP contribution in [0, 0.1) is 6.92 Å². The molecule has 4 aromatic rings. The summed E-state index contributed by atoms with van der Waals surface area (Å²) in [6, 6.07) is 19.5. The summed E-state index contributed by atoms with van der Waals surface area (Å²) in [5.41, 5.74) is 4.14.